The molecule has 0 aromatic heterocycles. The minimum absolute atomic E-state index is 0.223. The van der Waals surface area contributed by atoms with Gasteiger partial charge in [-0.05, 0) is 5.56 Å². The number of ether oxygens (including phenoxy) is 1. The predicted octanol–water partition coefficient (Wildman–Crippen LogP) is 2.27. The summed E-state index contributed by atoms with van der Waals surface area (Å²) in [4.78, 5) is 14.0. The molecule has 4 heteroatoms. The van der Waals surface area contributed by atoms with Gasteiger partial charge in [0.25, 0.3) is 0 Å². The second kappa shape index (κ2) is 4.94. The molecule has 0 saturated carbocycles. The summed E-state index contributed by atoms with van der Waals surface area (Å²) in [5.74, 6) is 2.17. The third-order valence-corrected chi connectivity index (χ3v) is 4.74. The maximum Gasteiger partial charge on any atom is 0.225 e. The molecule has 1 spiro atoms. The van der Waals surface area contributed by atoms with Gasteiger partial charge in [0.05, 0.1) is 6.61 Å². The molecule has 96 valence electrons. The molecular formula is C14H17NO2S. The number of likely N-dealkylation sites (tertiary alicyclic amines) is 1. The highest BCUT2D eigenvalue weighted by Gasteiger charge is 2.47. The van der Waals surface area contributed by atoms with Crippen LogP contribution in [0.1, 0.15) is 18.4 Å². The molecule has 1 unspecified atom stereocenters. The van der Waals surface area contributed by atoms with Crippen LogP contribution in [0.4, 0.5) is 0 Å². The Morgan fingerprint density at radius 2 is 2.17 bits per heavy atom. The molecule has 0 aliphatic carbocycles. The zero-order valence-corrected chi connectivity index (χ0v) is 11.1. The van der Waals surface area contributed by atoms with Crippen LogP contribution in [0.25, 0.3) is 0 Å². The van der Waals surface area contributed by atoms with Gasteiger partial charge in [0.1, 0.15) is 0 Å². The number of benzene rings is 1. The van der Waals surface area contributed by atoms with Gasteiger partial charge in [0.15, 0.2) is 5.72 Å². The highest BCUT2D eigenvalue weighted by molar-refractivity contribution is 7.99. The van der Waals surface area contributed by atoms with Crippen LogP contribution in [0.2, 0.25) is 0 Å². The van der Waals surface area contributed by atoms with Crippen LogP contribution >= 0.6 is 11.8 Å². The van der Waals surface area contributed by atoms with Gasteiger partial charge in [-0.1, -0.05) is 30.3 Å². The first kappa shape index (κ1) is 12.1. The molecule has 1 atom stereocenters. The van der Waals surface area contributed by atoms with Crippen molar-refractivity contribution in [1.82, 2.24) is 4.90 Å². The average Bonchev–Trinajstić information content (AvgIpc) is 2.71. The maximum absolute atomic E-state index is 12.1. The Bertz CT molecular complexity index is 429. The number of thioether (sulfide) groups is 1. The molecule has 0 bridgehead atoms. The molecule has 2 fully saturated rings. The van der Waals surface area contributed by atoms with Crippen LogP contribution in [0, 0.1) is 0 Å². The molecule has 1 amide bonds. The third kappa shape index (κ3) is 2.15. The van der Waals surface area contributed by atoms with Crippen LogP contribution in [-0.4, -0.2) is 34.6 Å². The maximum atomic E-state index is 12.1. The summed E-state index contributed by atoms with van der Waals surface area (Å²) >= 11 is 1.89. The lowest BCUT2D eigenvalue weighted by atomic mass is 10.1. The fourth-order valence-electron chi connectivity index (χ4n) is 2.66. The van der Waals surface area contributed by atoms with Gasteiger partial charge >= 0.3 is 0 Å². The van der Waals surface area contributed by atoms with E-state index in [1.54, 1.807) is 0 Å². The van der Waals surface area contributed by atoms with E-state index in [4.69, 9.17) is 4.74 Å². The minimum Gasteiger partial charge on any atom is -0.354 e. The SMILES string of the molecule is O=C1CCC2(CSCCO2)N1Cc1ccccc1. The van der Waals surface area contributed by atoms with Crippen LogP contribution in [-0.2, 0) is 16.1 Å². The Labute approximate surface area is 111 Å². The normalized spacial score (nSPS) is 28.0. The first-order valence-corrected chi connectivity index (χ1v) is 7.52. The predicted molar refractivity (Wildman–Crippen MR) is 72.2 cm³/mol. The number of nitrogens with zero attached hydrogens (tertiary/aromatic N) is 1. The van der Waals surface area contributed by atoms with Crippen LogP contribution in [0.5, 0.6) is 0 Å². The average molecular weight is 263 g/mol. The minimum atomic E-state index is -0.337. The smallest absolute Gasteiger partial charge is 0.225 e. The summed E-state index contributed by atoms with van der Waals surface area (Å²) in [5.41, 5.74) is 0.835. The number of carbonyl (C=O) groups excluding carboxylic acids is 1. The van der Waals surface area contributed by atoms with Gasteiger partial charge in [-0.2, -0.15) is 11.8 Å². The topological polar surface area (TPSA) is 29.5 Å². The van der Waals surface area contributed by atoms with E-state index in [2.05, 4.69) is 12.1 Å². The second-order valence-corrected chi connectivity index (χ2v) is 5.92. The van der Waals surface area contributed by atoms with E-state index in [0.717, 1.165) is 24.5 Å². The Balaban J connectivity index is 1.81. The van der Waals surface area contributed by atoms with Crippen LogP contribution in [0.15, 0.2) is 30.3 Å². The van der Waals surface area contributed by atoms with Gasteiger partial charge in [0.2, 0.25) is 5.91 Å². The summed E-state index contributed by atoms with van der Waals surface area (Å²) in [5, 5.41) is 0. The van der Waals surface area contributed by atoms with Crippen molar-refractivity contribution in [3.05, 3.63) is 35.9 Å². The van der Waals surface area contributed by atoms with Gasteiger partial charge in [-0.25, -0.2) is 0 Å². The summed E-state index contributed by atoms with van der Waals surface area (Å²) in [6.45, 7) is 1.42. The van der Waals surface area contributed by atoms with E-state index in [1.807, 2.05) is 34.9 Å². The Hall–Kier alpha value is -1.00. The number of rotatable bonds is 2. The third-order valence-electron chi connectivity index (χ3n) is 3.63. The molecule has 18 heavy (non-hydrogen) atoms. The van der Waals surface area contributed by atoms with Crippen molar-refractivity contribution in [3.63, 3.8) is 0 Å². The lowest BCUT2D eigenvalue weighted by Gasteiger charge is -2.40. The standard InChI is InChI=1S/C14H17NO2S/c16-13-6-7-14(11-18-9-8-17-14)15(13)10-12-4-2-1-3-5-12/h1-5H,6-11H2. The molecule has 2 aliphatic rings. The van der Waals surface area contributed by atoms with Crippen molar-refractivity contribution in [2.45, 2.75) is 25.1 Å². The first-order chi connectivity index (χ1) is 8.80. The van der Waals surface area contributed by atoms with Crippen molar-refractivity contribution in [3.8, 4) is 0 Å². The van der Waals surface area contributed by atoms with E-state index >= 15 is 0 Å². The van der Waals surface area contributed by atoms with Gasteiger partial charge in [-0.15, -0.1) is 0 Å². The lowest BCUT2D eigenvalue weighted by molar-refractivity contribution is -0.155. The fraction of sp³-hybridized carbons (Fsp3) is 0.500. The Morgan fingerprint density at radius 1 is 1.33 bits per heavy atom. The summed E-state index contributed by atoms with van der Waals surface area (Å²) in [7, 11) is 0. The van der Waals surface area contributed by atoms with E-state index in [1.165, 1.54) is 5.56 Å². The van der Waals surface area contributed by atoms with Crippen molar-refractivity contribution >= 4 is 17.7 Å². The van der Waals surface area contributed by atoms with Crippen molar-refractivity contribution in [1.29, 1.82) is 0 Å². The van der Waals surface area contributed by atoms with E-state index in [9.17, 15) is 4.79 Å². The number of hydrogen-bond donors (Lipinski definition) is 0. The summed E-state index contributed by atoms with van der Waals surface area (Å²) in [6, 6.07) is 10.2. The van der Waals surface area contributed by atoms with E-state index in [-0.39, 0.29) is 11.6 Å². The molecule has 2 heterocycles. The molecule has 0 N–H and O–H groups in total. The van der Waals surface area contributed by atoms with Crippen molar-refractivity contribution in [2.24, 2.45) is 0 Å². The Kier molecular flexibility index (Phi) is 3.31. The Morgan fingerprint density at radius 3 is 2.89 bits per heavy atom. The zero-order chi connectivity index (χ0) is 12.4. The molecule has 1 aromatic rings. The van der Waals surface area contributed by atoms with Crippen LogP contribution < -0.4 is 0 Å². The molecule has 3 nitrogen and oxygen atoms in total. The summed E-state index contributed by atoms with van der Waals surface area (Å²) in [6.07, 6.45) is 1.46. The second-order valence-electron chi connectivity index (χ2n) is 4.81. The zero-order valence-electron chi connectivity index (χ0n) is 10.3. The highest BCUT2D eigenvalue weighted by atomic mass is 32.2. The van der Waals surface area contributed by atoms with E-state index < -0.39 is 0 Å². The molecule has 3 rings (SSSR count). The van der Waals surface area contributed by atoms with Crippen molar-refractivity contribution in [2.75, 3.05) is 18.1 Å². The molecule has 2 saturated heterocycles. The molecule has 0 radical (unpaired) electrons. The van der Waals surface area contributed by atoms with Crippen LogP contribution in [0.3, 0.4) is 0 Å². The van der Waals surface area contributed by atoms with Gasteiger partial charge in [-0.3, -0.25) is 4.79 Å². The number of carbonyl (C=O) groups is 1. The quantitative estimate of drug-likeness (QED) is 0.820. The first-order valence-electron chi connectivity index (χ1n) is 6.36. The lowest BCUT2D eigenvalue weighted by Crippen LogP contribution is -2.51. The molecule has 1 aromatic carbocycles. The summed E-state index contributed by atoms with van der Waals surface area (Å²) < 4.78 is 5.97. The number of amides is 1. The van der Waals surface area contributed by atoms with Gasteiger partial charge < -0.3 is 9.64 Å². The fourth-order valence-corrected chi connectivity index (χ4v) is 3.71. The molecule has 2 aliphatic heterocycles. The molecular weight excluding hydrogens is 246 g/mol. The van der Waals surface area contributed by atoms with Gasteiger partial charge in [0, 0.05) is 30.9 Å². The number of hydrogen-bond acceptors (Lipinski definition) is 3. The van der Waals surface area contributed by atoms with Crippen molar-refractivity contribution < 1.29 is 9.53 Å². The van der Waals surface area contributed by atoms with E-state index in [0.29, 0.717) is 13.0 Å². The largest absolute Gasteiger partial charge is 0.354 e. The monoisotopic (exact) mass is 263 g/mol. The highest BCUT2D eigenvalue weighted by Crippen LogP contribution is 2.38.